The highest BCUT2D eigenvalue weighted by Crippen LogP contribution is 2.29. The van der Waals surface area contributed by atoms with Gasteiger partial charge in [-0.15, -0.1) is 0 Å². The molecule has 3 rings (SSSR count). The first-order valence-corrected chi connectivity index (χ1v) is 8.84. The van der Waals surface area contributed by atoms with Gasteiger partial charge in [0.15, 0.2) is 0 Å². The minimum atomic E-state index is -3.98. The number of benzene rings is 2. The number of amides is 1. The Morgan fingerprint density at radius 3 is 2.79 bits per heavy atom. The summed E-state index contributed by atoms with van der Waals surface area (Å²) in [6.45, 7) is 0.302. The lowest BCUT2D eigenvalue weighted by atomic mass is 10.1. The van der Waals surface area contributed by atoms with Gasteiger partial charge in [-0.05, 0) is 35.7 Å². The van der Waals surface area contributed by atoms with Crippen molar-refractivity contribution in [1.29, 1.82) is 5.26 Å². The Hall–Kier alpha value is -2.85. The summed E-state index contributed by atoms with van der Waals surface area (Å²) in [5.74, 6) is -0.709. The van der Waals surface area contributed by atoms with Crippen molar-refractivity contribution in [3.8, 4) is 6.07 Å². The highest BCUT2D eigenvalue weighted by molar-refractivity contribution is 7.91. The van der Waals surface area contributed by atoms with Crippen molar-refractivity contribution in [1.82, 2.24) is 4.72 Å². The van der Waals surface area contributed by atoms with Gasteiger partial charge < -0.3 is 0 Å². The second-order valence-electron chi connectivity index (χ2n) is 5.42. The molecule has 1 aliphatic rings. The molecule has 122 valence electrons. The molecule has 2 aromatic rings. The Morgan fingerprint density at radius 1 is 1.21 bits per heavy atom. The summed E-state index contributed by atoms with van der Waals surface area (Å²) in [5, 5.41) is 8.72. The first-order chi connectivity index (χ1) is 11.5. The maximum absolute atomic E-state index is 12.5. The standard InChI is InChI=1S/C17H15N3O3S/c18-10-8-13-4-3-6-15(12-13)17(21)19-24(22,23)20-11-9-14-5-1-2-7-16(14)20/h1-7,12H,8-9,11H2,(H,19,21). The number of carbonyl (C=O) groups excluding carboxylic acids is 1. The van der Waals surface area contributed by atoms with E-state index in [4.69, 9.17) is 5.26 Å². The number of hydrogen-bond donors (Lipinski definition) is 1. The van der Waals surface area contributed by atoms with Crippen molar-refractivity contribution in [2.45, 2.75) is 12.8 Å². The monoisotopic (exact) mass is 341 g/mol. The van der Waals surface area contributed by atoms with Crippen LogP contribution in [-0.4, -0.2) is 20.9 Å². The predicted octanol–water partition coefficient (Wildman–Crippen LogP) is 1.79. The lowest BCUT2D eigenvalue weighted by molar-refractivity contribution is 0.0981. The van der Waals surface area contributed by atoms with Gasteiger partial charge in [0.1, 0.15) is 0 Å². The van der Waals surface area contributed by atoms with Gasteiger partial charge in [-0.1, -0.05) is 30.3 Å². The van der Waals surface area contributed by atoms with Crippen LogP contribution in [0.3, 0.4) is 0 Å². The third kappa shape index (κ3) is 3.09. The SMILES string of the molecule is N#CCc1cccc(C(=O)NS(=O)(=O)N2CCc3ccccc32)c1. The third-order valence-corrected chi connectivity index (χ3v) is 5.23. The number of para-hydroxylation sites is 1. The average molecular weight is 341 g/mol. The van der Waals surface area contributed by atoms with Gasteiger partial charge in [0.2, 0.25) is 0 Å². The zero-order chi connectivity index (χ0) is 17.2. The fraction of sp³-hybridized carbons (Fsp3) is 0.176. The topological polar surface area (TPSA) is 90.3 Å². The molecule has 1 heterocycles. The van der Waals surface area contributed by atoms with Crippen LogP contribution in [0.15, 0.2) is 48.5 Å². The van der Waals surface area contributed by atoms with Gasteiger partial charge >= 0.3 is 10.2 Å². The quantitative estimate of drug-likeness (QED) is 0.918. The lowest BCUT2D eigenvalue weighted by Gasteiger charge is -2.19. The van der Waals surface area contributed by atoms with Gasteiger partial charge in [-0.25, -0.2) is 4.72 Å². The second-order valence-corrected chi connectivity index (χ2v) is 7.02. The van der Waals surface area contributed by atoms with E-state index < -0.39 is 16.1 Å². The molecule has 1 aliphatic heterocycles. The summed E-state index contributed by atoms with van der Waals surface area (Å²) in [4.78, 5) is 12.3. The first-order valence-electron chi connectivity index (χ1n) is 7.40. The van der Waals surface area contributed by atoms with E-state index >= 15 is 0 Å². The molecule has 0 unspecified atom stereocenters. The summed E-state index contributed by atoms with van der Waals surface area (Å²) in [5.41, 5.74) is 2.40. The molecule has 2 aromatic carbocycles. The first kappa shape index (κ1) is 16.0. The van der Waals surface area contributed by atoms with E-state index in [9.17, 15) is 13.2 Å². The molecule has 0 aliphatic carbocycles. The maximum Gasteiger partial charge on any atom is 0.326 e. The van der Waals surface area contributed by atoms with Gasteiger partial charge in [0.05, 0.1) is 18.2 Å². The number of rotatable bonds is 4. The van der Waals surface area contributed by atoms with E-state index in [-0.39, 0.29) is 12.0 Å². The number of hydrogen-bond acceptors (Lipinski definition) is 4. The molecule has 0 fully saturated rings. The van der Waals surface area contributed by atoms with Crippen LogP contribution in [0.5, 0.6) is 0 Å². The van der Waals surface area contributed by atoms with E-state index in [1.807, 2.05) is 18.2 Å². The summed E-state index contributed by atoms with van der Waals surface area (Å²) in [6.07, 6.45) is 0.774. The van der Waals surface area contributed by atoms with Crippen molar-refractivity contribution in [2.24, 2.45) is 0 Å². The maximum atomic E-state index is 12.5. The van der Waals surface area contributed by atoms with E-state index in [1.165, 1.54) is 16.4 Å². The molecule has 0 aromatic heterocycles. The van der Waals surface area contributed by atoms with Crippen LogP contribution in [0.4, 0.5) is 5.69 Å². The highest BCUT2D eigenvalue weighted by atomic mass is 32.2. The third-order valence-electron chi connectivity index (χ3n) is 3.83. The number of carbonyl (C=O) groups is 1. The molecule has 7 heteroatoms. The molecule has 0 saturated carbocycles. The minimum absolute atomic E-state index is 0.160. The van der Waals surface area contributed by atoms with E-state index in [0.717, 1.165) is 5.56 Å². The van der Waals surface area contributed by atoms with Crippen molar-refractivity contribution in [2.75, 3.05) is 10.8 Å². The molecule has 1 amide bonds. The highest BCUT2D eigenvalue weighted by Gasteiger charge is 2.30. The van der Waals surface area contributed by atoms with Crippen molar-refractivity contribution in [3.05, 3.63) is 65.2 Å². The zero-order valence-corrected chi connectivity index (χ0v) is 13.6. The molecule has 6 nitrogen and oxygen atoms in total. The largest absolute Gasteiger partial charge is 0.326 e. The summed E-state index contributed by atoms with van der Waals surface area (Å²) >= 11 is 0. The molecule has 24 heavy (non-hydrogen) atoms. The smallest absolute Gasteiger partial charge is 0.268 e. The molecule has 0 saturated heterocycles. The molecule has 0 atom stereocenters. The van der Waals surface area contributed by atoms with Crippen molar-refractivity contribution >= 4 is 21.8 Å². The summed E-state index contributed by atoms with van der Waals surface area (Å²) < 4.78 is 28.4. The van der Waals surface area contributed by atoms with E-state index in [1.54, 1.807) is 24.3 Å². The Labute approximate surface area is 140 Å². The van der Waals surface area contributed by atoms with Gasteiger partial charge in [0.25, 0.3) is 5.91 Å². The van der Waals surface area contributed by atoms with Crippen molar-refractivity contribution < 1.29 is 13.2 Å². The van der Waals surface area contributed by atoms with Gasteiger partial charge in [0, 0.05) is 12.1 Å². The van der Waals surface area contributed by atoms with Crippen molar-refractivity contribution in [3.63, 3.8) is 0 Å². The fourth-order valence-electron chi connectivity index (χ4n) is 2.70. The number of nitrogens with one attached hydrogen (secondary N) is 1. The fourth-order valence-corrected chi connectivity index (χ4v) is 3.93. The summed E-state index contributed by atoms with van der Waals surface area (Å²) in [6, 6.07) is 15.6. The Morgan fingerprint density at radius 2 is 2.00 bits per heavy atom. The van der Waals surface area contributed by atoms with Gasteiger partial charge in [-0.2, -0.15) is 13.7 Å². The minimum Gasteiger partial charge on any atom is -0.268 e. The van der Waals surface area contributed by atoms with Crippen LogP contribution < -0.4 is 9.03 Å². The normalized spacial score (nSPS) is 13.2. The molecule has 0 spiro atoms. The predicted molar refractivity (Wildman–Crippen MR) is 89.6 cm³/mol. The van der Waals surface area contributed by atoms with Crippen LogP contribution in [-0.2, 0) is 23.1 Å². The zero-order valence-electron chi connectivity index (χ0n) is 12.8. The van der Waals surface area contributed by atoms with Crippen LogP contribution in [0.25, 0.3) is 0 Å². The second kappa shape index (κ2) is 6.34. The van der Waals surface area contributed by atoms with Crippen LogP contribution >= 0.6 is 0 Å². The Balaban J connectivity index is 1.82. The van der Waals surface area contributed by atoms with E-state index in [0.29, 0.717) is 24.2 Å². The van der Waals surface area contributed by atoms with Gasteiger partial charge in [-0.3, -0.25) is 9.10 Å². The molecule has 0 radical (unpaired) electrons. The number of anilines is 1. The molecule has 0 bridgehead atoms. The number of nitriles is 1. The average Bonchev–Trinajstić information content (AvgIpc) is 3.00. The number of nitrogens with zero attached hydrogens (tertiary/aromatic N) is 2. The van der Waals surface area contributed by atoms with Crippen LogP contribution in [0.2, 0.25) is 0 Å². The Bertz CT molecular complexity index is 932. The number of fused-ring (bicyclic) bond motifs is 1. The molecular weight excluding hydrogens is 326 g/mol. The van der Waals surface area contributed by atoms with Crippen LogP contribution in [0, 0.1) is 11.3 Å². The summed E-state index contributed by atoms with van der Waals surface area (Å²) in [7, 11) is -3.98. The van der Waals surface area contributed by atoms with Crippen LogP contribution in [0.1, 0.15) is 21.5 Å². The van der Waals surface area contributed by atoms with E-state index in [2.05, 4.69) is 4.72 Å². The molecule has 1 N–H and O–H groups in total. The Kier molecular flexibility index (Phi) is 4.23. The lowest BCUT2D eigenvalue weighted by Crippen LogP contribution is -2.42. The molecular formula is C17H15N3O3S.